The molecule has 0 unspecified atom stereocenters. The van der Waals surface area contributed by atoms with Gasteiger partial charge in [-0.15, -0.1) is 0 Å². The van der Waals surface area contributed by atoms with Crippen LogP contribution in [0.5, 0.6) is 5.75 Å². The van der Waals surface area contributed by atoms with E-state index in [1.54, 1.807) is 0 Å². The Bertz CT molecular complexity index is 500. The molecule has 1 rings (SSSR count). The number of aryl methyl sites for hydroxylation is 1. The summed E-state index contributed by atoms with van der Waals surface area (Å²) in [7, 11) is 0. The summed E-state index contributed by atoms with van der Waals surface area (Å²) in [4.78, 5) is 12.5. The van der Waals surface area contributed by atoms with Gasteiger partial charge in [-0.1, -0.05) is 39.8 Å². The first-order valence-corrected chi connectivity index (χ1v) is 8.08. The zero-order chi connectivity index (χ0) is 17.0. The summed E-state index contributed by atoms with van der Waals surface area (Å²) in [5.41, 5.74) is 1.04. The summed E-state index contributed by atoms with van der Waals surface area (Å²) in [5.74, 6) is 0.703. The number of hydrogen-bond donors (Lipinski definition) is 1. The lowest BCUT2D eigenvalue weighted by molar-refractivity contribution is -0.130. The van der Waals surface area contributed by atoms with Gasteiger partial charge in [-0.3, -0.25) is 4.79 Å². The minimum Gasteiger partial charge on any atom is -0.481 e. The van der Waals surface area contributed by atoms with Gasteiger partial charge in [0.1, 0.15) is 5.75 Å². The molecule has 3 heteroatoms. The number of hydrogen-bond acceptors (Lipinski definition) is 2. The molecule has 124 valence electrons. The summed E-state index contributed by atoms with van der Waals surface area (Å²) >= 11 is 0. The first-order valence-electron chi connectivity index (χ1n) is 8.08. The first-order chi connectivity index (χ1) is 10.0. The van der Waals surface area contributed by atoms with Crippen LogP contribution in [0.15, 0.2) is 24.3 Å². The highest BCUT2D eigenvalue weighted by molar-refractivity contribution is 5.81. The Morgan fingerprint density at radius 2 is 1.86 bits per heavy atom. The van der Waals surface area contributed by atoms with Crippen LogP contribution < -0.4 is 10.1 Å². The number of amides is 1. The maximum absolute atomic E-state index is 12.5. The monoisotopic (exact) mass is 305 g/mol. The van der Waals surface area contributed by atoms with E-state index < -0.39 is 6.10 Å². The van der Waals surface area contributed by atoms with Crippen LogP contribution in [0.1, 0.15) is 59.9 Å². The van der Waals surface area contributed by atoms with E-state index in [0.717, 1.165) is 17.7 Å². The third-order valence-corrected chi connectivity index (χ3v) is 3.36. The predicted molar refractivity (Wildman–Crippen MR) is 92.2 cm³/mol. The first kappa shape index (κ1) is 18.5. The van der Waals surface area contributed by atoms with Crippen molar-refractivity contribution in [3.8, 4) is 5.75 Å². The van der Waals surface area contributed by atoms with Gasteiger partial charge in [0.05, 0.1) is 0 Å². The van der Waals surface area contributed by atoms with Gasteiger partial charge < -0.3 is 10.1 Å². The maximum atomic E-state index is 12.5. The van der Waals surface area contributed by atoms with Gasteiger partial charge in [0.25, 0.3) is 5.91 Å². The molecule has 0 heterocycles. The molecule has 0 aliphatic rings. The molecule has 0 saturated heterocycles. The second-order valence-electron chi connectivity index (χ2n) is 7.94. The molecular weight excluding hydrogens is 274 g/mol. The van der Waals surface area contributed by atoms with Crippen LogP contribution in [0, 0.1) is 12.3 Å². The zero-order valence-corrected chi connectivity index (χ0v) is 15.1. The van der Waals surface area contributed by atoms with Crippen molar-refractivity contribution in [2.75, 3.05) is 0 Å². The van der Waals surface area contributed by atoms with Crippen molar-refractivity contribution in [2.24, 2.45) is 5.41 Å². The number of rotatable bonds is 6. The van der Waals surface area contributed by atoms with E-state index in [2.05, 4.69) is 39.9 Å². The summed E-state index contributed by atoms with van der Waals surface area (Å²) in [6.45, 7) is 14.7. The molecule has 0 bridgehead atoms. The number of nitrogens with one attached hydrogen (secondary N) is 1. The van der Waals surface area contributed by atoms with Crippen molar-refractivity contribution in [1.29, 1.82) is 0 Å². The molecule has 0 aliphatic heterocycles. The lowest BCUT2D eigenvalue weighted by Gasteiger charge is -2.34. The molecule has 1 N–H and O–H groups in total. The number of carbonyl (C=O) groups is 1. The Morgan fingerprint density at radius 3 is 2.36 bits per heavy atom. The molecule has 0 spiro atoms. The second-order valence-corrected chi connectivity index (χ2v) is 7.94. The normalized spacial score (nSPS) is 13.6. The van der Waals surface area contributed by atoms with Crippen molar-refractivity contribution in [3.05, 3.63) is 29.8 Å². The van der Waals surface area contributed by atoms with Crippen LogP contribution in [0.25, 0.3) is 0 Å². The Kier molecular flexibility index (Phi) is 6.04. The number of ether oxygens (including phenoxy) is 1. The summed E-state index contributed by atoms with van der Waals surface area (Å²) in [5, 5.41) is 3.13. The van der Waals surface area contributed by atoms with Crippen LogP contribution in [0.4, 0.5) is 0 Å². The minimum atomic E-state index is -0.457. The molecule has 22 heavy (non-hydrogen) atoms. The van der Waals surface area contributed by atoms with Gasteiger partial charge in [0.2, 0.25) is 0 Å². The van der Waals surface area contributed by atoms with Gasteiger partial charge >= 0.3 is 0 Å². The fourth-order valence-electron chi connectivity index (χ4n) is 2.96. The molecule has 1 aromatic carbocycles. The molecule has 0 radical (unpaired) electrons. The quantitative estimate of drug-likeness (QED) is 0.841. The van der Waals surface area contributed by atoms with Gasteiger partial charge in [-0.25, -0.2) is 0 Å². The highest BCUT2D eigenvalue weighted by Gasteiger charge is 2.30. The lowest BCUT2D eigenvalue weighted by atomic mass is 9.81. The molecule has 0 fully saturated rings. The summed E-state index contributed by atoms with van der Waals surface area (Å²) in [6.07, 6.45) is 1.10. The lowest BCUT2D eigenvalue weighted by Crippen LogP contribution is -2.50. The second kappa shape index (κ2) is 7.17. The zero-order valence-electron chi connectivity index (χ0n) is 15.1. The van der Waals surface area contributed by atoms with Gasteiger partial charge in [-0.05, 0) is 56.7 Å². The van der Waals surface area contributed by atoms with E-state index in [9.17, 15) is 4.79 Å². The molecule has 1 amide bonds. The smallest absolute Gasteiger partial charge is 0.261 e. The van der Waals surface area contributed by atoms with Gasteiger partial charge in [0, 0.05) is 5.54 Å². The molecule has 1 atom stereocenters. The Balaban J connectivity index is 2.72. The van der Waals surface area contributed by atoms with E-state index in [0.29, 0.717) is 6.42 Å². The van der Waals surface area contributed by atoms with Crippen LogP contribution in [-0.2, 0) is 4.79 Å². The van der Waals surface area contributed by atoms with Gasteiger partial charge in [0.15, 0.2) is 6.10 Å². The van der Waals surface area contributed by atoms with E-state index >= 15 is 0 Å². The van der Waals surface area contributed by atoms with Crippen LogP contribution in [-0.4, -0.2) is 17.6 Å². The average molecular weight is 305 g/mol. The minimum absolute atomic E-state index is 0.0433. The number of benzene rings is 1. The third kappa shape index (κ3) is 6.50. The van der Waals surface area contributed by atoms with Crippen molar-refractivity contribution in [3.63, 3.8) is 0 Å². The average Bonchev–Trinajstić information content (AvgIpc) is 2.32. The van der Waals surface area contributed by atoms with E-state index in [-0.39, 0.29) is 16.9 Å². The van der Waals surface area contributed by atoms with Crippen LogP contribution in [0.3, 0.4) is 0 Å². The molecule has 1 aromatic rings. The van der Waals surface area contributed by atoms with E-state index in [1.165, 1.54) is 0 Å². The van der Waals surface area contributed by atoms with Crippen LogP contribution in [0.2, 0.25) is 0 Å². The molecular formula is C19H31NO2. The third-order valence-electron chi connectivity index (χ3n) is 3.36. The van der Waals surface area contributed by atoms with Crippen molar-refractivity contribution < 1.29 is 9.53 Å². The fourth-order valence-corrected chi connectivity index (χ4v) is 2.96. The highest BCUT2D eigenvalue weighted by atomic mass is 16.5. The SMILES string of the molecule is CC[C@@H](Oc1cccc(C)c1)C(=O)NC(C)(C)CC(C)(C)C. The molecule has 3 nitrogen and oxygen atoms in total. The predicted octanol–water partition coefficient (Wildman–Crippen LogP) is 4.48. The standard InChI is InChI=1S/C19H31NO2/c1-8-16(22-15-11-9-10-14(2)12-15)17(21)20-19(6,7)13-18(3,4)5/h9-12,16H,8,13H2,1-7H3,(H,20,21)/t16-/m1/s1. The highest BCUT2D eigenvalue weighted by Crippen LogP contribution is 2.27. The fraction of sp³-hybridized carbons (Fsp3) is 0.632. The number of carbonyl (C=O) groups excluding carboxylic acids is 1. The summed E-state index contributed by atoms with van der Waals surface area (Å²) < 4.78 is 5.87. The summed E-state index contributed by atoms with van der Waals surface area (Å²) in [6, 6.07) is 7.80. The Morgan fingerprint density at radius 1 is 1.23 bits per heavy atom. The van der Waals surface area contributed by atoms with Crippen LogP contribution >= 0.6 is 0 Å². The van der Waals surface area contributed by atoms with Gasteiger partial charge in [-0.2, -0.15) is 0 Å². The molecule has 0 aromatic heterocycles. The molecule has 0 aliphatic carbocycles. The van der Waals surface area contributed by atoms with Crippen molar-refractivity contribution in [2.45, 2.75) is 73.0 Å². The van der Waals surface area contributed by atoms with E-state index in [4.69, 9.17) is 4.74 Å². The molecule has 0 saturated carbocycles. The van der Waals surface area contributed by atoms with Crippen molar-refractivity contribution >= 4 is 5.91 Å². The maximum Gasteiger partial charge on any atom is 0.261 e. The van der Waals surface area contributed by atoms with E-state index in [1.807, 2.05) is 38.1 Å². The Hall–Kier alpha value is -1.51. The largest absolute Gasteiger partial charge is 0.481 e. The topological polar surface area (TPSA) is 38.3 Å². The Labute approximate surface area is 135 Å². The van der Waals surface area contributed by atoms with Crippen molar-refractivity contribution in [1.82, 2.24) is 5.32 Å².